The van der Waals surface area contributed by atoms with Crippen LogP contribution >= 0.6 is 12.2 Å². The highest BCUT2D eigenvalue weighted by Gasteiger charge is 2.01. The summed E-state index contributed by atoms with van der Waals surface area (Å²) in [6.45, 7) is 0. The highest BCUT2D eigenvalue weighted by atomic mass is 32.1. The molecular weight excluding hydrogens is 256 g/mol. The van der Waals surface area contributed by atoms with Crippen LogP contribution in [0.25, 0.3) is 0 Å². The fraction of sp³-hybridized carbons (Fsp3) is 0.143. The van der Waals surface area contributed by atoms with E-state index < -0.39 is 0 Å². The Morgan fingerprint density at radius 1 is 1.16 bits per heavy atom. The monoisotopic (exact) mass is 272 g/mol. The van der Waals surface area contributed by atoms with Crippen molar-refractivity contribution in [3.8, 4) is 0 Å². The third kappa shape index (κ3) is 3.42. The maximum atomic E-state index is 5.56. The van der Waals surface area contributed by atoms with Crippen molar-refractivity contribution < 1.29 is 0 Å². The third-order valence-electron chi connectivity index (χ3n) is 2.68. The van der Waals surface area contributed by atoms with Gasteiger partial charge in [-0.2, -0.15) is 0 Å². The highest BCUT2D eigenvalue weighted by molar-refractivity contribution is 7.80. The summed E-state index contributed by atoms with van der Waals surface area (Å²) in [5.74, 6) is 0. The van der Waals surface area contributed by atoms with Gasteiger partial charge in [-0.05, 0) is 36.4 Å². The van der Waals surface area contributed by atoms with Crippen LogP contribution in [0.2, 0.25) is 0 Å². The van der Waals surface area contributed by atoms with E-state index in [4.69, 9.17) is 18.0 Å². The summed E-state index contributed by atoms with van der Waals surface area (Å²) < 4.78 is 0. The second-order valence-electron chi connectivity index (χ2n) is 4.36. The number of anilines is 3. The summed E-state index contributed by atoms with van der Waals surface area (Å²) in [5, 5.41) is 3.29. The van der Waals surface area contributed by atoms with Gasteiger partial charge < -0.3 is 16.0 Å². The van der Waals surface area contributed by atoms with Gasteiger partial charge in [0.05, 0.1) is 5.69 Å². The first-order chi connectivity index (χ1) is 9.06. The topological polar surface area (TPSA) is 54.2 Å². The summed E-state index contributed by atoms with van der Waals surface area (Å²) in [7, 11) is 4.03. The molecule has 0 saturated heterocycles. The van der Waals surface area contributed by atoms with E-state index in [0.29, 0.717) is 10.7 Å². The van der Waals surface area contributed by atoms with Crippen molar-refractivity contribution in [2.24, 2.45) is 5.73 Å². The van der Waals surface area contributed by atoms with Gasteiger partial charge in [0.15, 0.2) is 0 Å². The SMILES string of the molecule is CN(C)c1ccc(Nc2ccnc(C(N)=S)c2)cc1. The van der Waals surface area contributed by atoms with Crippen molar-refractivity contribution >= 4 is 34.3 Å². The van der Waals surface area contributed by atoms with Crippen LogP contribution in [0.5, 0.6) is 0 Å². The van der Waals surface area contributed by atoms with E-state index in [2.05, 4.69) is 27.3 Å². The minimum absolute atomic E-state index is 0.298. The molecule has 4 nitrogen and oxygen atoms in total. The normalized spacial score (nSPS) is 10.0. The molecule has 1 heterocycles. The van der Waals surface area contributed by atoms with Crippen molar-refractivity contribution in [1.82, 2.24) is 4.98 Å². The van der Waals surface area contributed by atoms with E-state index in [9.17, 15) is 0 Å². The predicted octanol–water partition coefficient (Wildman–Crippen LogP) is 2.53. The summed E-state index contributed by atoms with van der Waals surface area (Å²) in [5.41, 5.74) is 9.25. The summed E-state index contributed by atoms with van der Waals surface area (Å²) in [6.07, 6.45) is 1.69. The van der Waals surface area contributed by atoms with Crippen LogP contribution in [0, 0.1) is 0 Å². The van der Waals surface area contributed by atoms with Crippen LogP contribution in [-0.2, 0) is 0 Å². The van der Waals surface area contributed by atoms with Crippen LogP contribution < -0.4 is 16.0 Å². The number of rotatable bonds is 4. The molecule has 19 heavy (non-hydrogen) atoms. The number of hydrogen-bond donors (Lipinski definition) is 2. The number of thiocarbonyl (C=S) groups is 1. The molecule has 3 N–H and O–H groups in total. The Kier molecular flexibility index (Phi) is 3.97. The molecule has 2 aromatic rings. The van der Waals surface area contributed by atoms with Gasteiger partial charge in [-0.25, -0.2) is 0 Å². The number of nitrogens with zero attached hydrogens (tertiary/aromatic N) is 2. The molecule has 98 valence electrons. The van der Waals surface area contributed by atoms with E-state index in [0.717, 1.165) is 17.1 Å². The van der Waals surface area contributed by atoms with Crippen LogP contribution in [0.4, 0.5) is 17.1 Å². The van der Waals surface area contributed by atoms with Gasteiger partial charge in [-0.3, -0.25) is 4.98 Å². The number of aromatic nitrogens is 1. The molecule has 0 aliphatic carbocycles. The van der Waals surface area contributed by atoms with Gasteiger partial charge in [0.25, 0.3) is 0 Å². The number of hydrogen-bond acceptors (Lipinski definition) is 4. The summed E-state index contributed by atoms with van der Waals surface area (Å²) in [6, 6.07) is 11.9. The van der Waals surface area contributed by atoms with Crippen LogP contribution in [0.1, 0.15) is 5.69 Å². The fourth-order valence-electron chi connectivity index (χ4n) is 1.65. The lowest BCUT2D eigenvalue weighted by Crippen LogP contribution is -2.11. The second kappa shape index (κ2) is 5.67. The van der Waals surface area contributed by atoms with Crippen molar-refractivity contribution in [3.05, 3.63) is 48.3 Å². The minimum Gasteiger partial charge on any atom is -0.388 e. The molecule has 0 atom stereocenters. The van der Waals surface area contributed by atoms with E-state index >= 15 is 0 Å². The van der Waals surface area contributed by atoms with Crippen molar-refractivity contribution in [2.75, 3.05) is 24.3 Å². The first-order valence-electron chi connectivity index (χ1n) is 5.86. The van der Waals surface area contributed by atoms with Crippen molar-refractivity contribution in [2.45, 2.75) is 0 Å². The Labute approximate surface area is 118 Å². The second-order valence-corrected chi connectivity index (χ2v) is 4.80. The summed E-state index contributed by atoms with van der Waals surface area (Å²) >= 11 is 4.91. The molecule has 0 radical (unpaired) electrons. The zero-order valence-electron chi connectivity index (χ0n) is 10.9. The van der Waals surface area contributed by atoms with Gasteiger partial charge in [0.2, 0.25) is 0 Å². The van der Waals surface area contributed by atoms with Crippen LogP contribution in [0.3, 0.4) is 0 Å². The first kappa shape index (κ1) is 13.3. The molecule has 1 aromatic carbocycles. The Hall–Kier alpha value is -2.14. The van der Waals surface area contributed by atoms with E-state index in [1.165, 1.54) is 0 Å². The molecule has 0 aliphatic rings. The zero-order valence-corrected chi connectivity index (χ0v) is 11.7. The maximum absolute atomic E-state index is 5.56. The molecule has 0 fully saturated rings. The zero-order chi connectivity index (χ0) is 13.8. The smallest absolute Gasteiger partial charge is 0.122 e. The van der Waals surface area contributed by atoms with Gasteiger partial charge in [-0.1, -0.05) is 12.2 Å². The Morgan fingerprint density at radius 2 is 1.84 bits per heavy atom. The largest absolute Gasteiger partial charge is 0.388 e. The van der Waals surface area contributed by atoms with Gasteiger partial charge >= 0.3 is 0 Å². The first-order valence-corrected chi connectivity index (χ1v) is 6.27. The molecule has 0 aliphatic heterocycles. The number of benzene rings is 1. The molecule has 1 aromatic heterocycles. The molecule has 0 saturated carbocycles. The Balaban J connectivity index is 2.16. The Bertz CT molecular complexity index is 578. The lowest BCUT2D eigenvalue weighted by atomic mass is 10.2. The molecule has 0 bridgehead atoms. The van der Waals surface area contributed by atoms with E-state index in [-0.39, 0.29) is 0 Å². The molecule has 2 rings (SSSR count). The van der Waals surface area contributed by atoms with Crippen LogP contribution in [0.15, 0.2) is 42.6 Å². The molecule has 0 unspecified atom stereocenters. The van der Waals surface area contributed by atoms with Gasteiger partial charge in [0, 0.05) is 37.4 Å². The van der Waals surface area contributed by atoms with Gasteiger partial charge in [0.1, 0.15) is 4.99 Å². The average molecular weight is 272 g/mol. The minimum atomic E-state index is 0.298. The average Bonchev–Trinajstić information content (AvgIpc) is 2.39. The van der Waals surface area contributed by atoms with Gasteiger partial charge in [-0.15, -0.1) is 0 Å². The van der Waals surface area contributed by atoms with Crippen molar-refractivity contribution in [1.29, 1.82) is 0 Å². The lowest BCUT2D eigenvalue weighted by Gasteiger charge is -2.13. The Morgan fingerprint density at radius 3 is 2.42 bits per heavy atom. The fourth-order valence-corrected chi connectivity index (χ4v) is 1.76. The molecule has 0 amide bonds. The van der Waals surface area contributed by atoms with Crippen molar-refractivity contribution in [3.63, 3.8) is 0 Å². The van der Waals surface area contributed by atoms with E-state index in [1.807, 2.05) is 38.4 Å². The number of nitrogens with two attached hydrogens (primary N) is 1. The highest BCUT2D eigenvalue weighted by Crippen LogP contribution is 2.20. The maximum Gasteiger partial charge on any atom is 0.122 e. The van der Waals surface area contributed by atoms with E-state index in [1.54, 1.807) is 6.20 Å². The standard InChI is InChI=1S/C14H16N4S/c1-18(2)12-5-3-10(4-6-12)17-11-7-8-16-13(9-11)14(15)19/h3-9H,1-2H3,(H2,15,19)(H,16,17). The third-order valence-corrected chi connectivity index (χ3v) is 2.89. The van der Waals surface area contributed by atoms with Crippen LogP contribution in [-0.4, -0.2) is 24.1 Å². The molecular formula is C14H16N4S. The molecule has 0 spiro atoms. The lowest BCUT2D eigenvalue weighted by molar-refractivity contribution is 1.13. The quantitative estimate of drug-likeness (QED) is 0.838. The number of pyridine rings is 1. The summed E-state index contributed by atoms with van der Waals surface area (Å²) in [4.78, 5) is 6.46. The molecule has 5 heteroatoms. The number of nitrogens with one attached hydrogen (secondary N) is 1. The predicted molar refractivity (Wildman–Crippen MR) is 84.2 cm³/mol.